The van der Waals surface area contributed by atoms with E-state index in [9.17, 15) is 0 Å². The first-order valence-electron chi connectivity index (χ1n) is 6.64. The van der Waals surface area contributed by atoms with Crippen molar-refractivity contribution < 1.29 is 0 Å². The van der Waals surface area contributed by atoms with Gasteiger partial charge in [-0.25, -0.2) is 0 Å². The van der Waals surface area contributed by atoms with Crippen molar-refractivity contribution in [3.05, 3.63) is 78.9 Å². The zero-order valence-electron chi connectivity index (χ0n) is 10.9. The molecule has 1 aliphatic rings. The molecular formula is C18H13AsSe. The predicted octanol–water partition coefficient (Wildman–Crippen LogP) is 0.171. The zero-order chi connectivity index (χ0) is 13.4. The van der Waals surface area contributed by atoms with Gasteiger partial charge in [0.25, 0.3) is 0 Å². The van der Waals surface area contributed by atoms with Crippen LogP contribution in [0.3, 0.4) is 0 Å². The maximum atomic E-state index is 2.36. The molecule has 4 rings (SSSR count). The fourth-order valence-corrected chi connectivity index (χ4v) is 12.3. The summed E-state index contributed by atoms with van der Waals surface area (Å²) in [7, 11) is 0. The van der Waals surface area contributed by atoms with Crippen LogP contribution in [0.1, 0.15) is 0 Å². The van der Waals surface area contributed by atoms with Crippen LogP contribution in [0.5, 0.6) is 0 Å². The second-order valence-electron chi connectivity index (χ2n) is 4.71. The van der Waals surface area contributed by atoms with Crippen LogP contribution in [0.25, 0.3) is 0 Å². The van der Waals surface area contributed by atoms with E-state index in [4.69, 9.17) is 0 Å². The van der Waals surface area contributed by atoms with Crippen LogP contribution >= 0.6 is 0 Å². The van der Waals surface area contributed by atoms with E-state index in [2.05, 4.69) is 78.9 Å². The van der Waals surface area contributed by atoms with E-state index in [0.29, 0.717) is 15.0 Å². The molecule has 0 unspecified atom stereocenters. The van der Waals surface area contributed by atoms with E-state index in [1.807, 2.05) is 0 Å². The third-order valence-corrected chi connectivity index (χ3v) is 12.7. The molecule has 0 nitrogen and oxygen atoms in total. The zero-order valence-corrected chi connectivity index (χ0v) is 14.5. The van der Waals surface area contributed by atoms with Crippen molar-refractivity contribution in [2.45, 2.75) is 0 Å². The average molecular weight is 383 g/mol. The Morgan fingerprint density at radius 1 is 0.550 bits per heavy atom. The summed E-state index contributed by atoms with van der Waals surface area (Å²) in [4.78, 5) is 0. The number of hydrogen-bond donors (Lipinski definition) is 0. The van der Waals surface area contributed by atoms with Gasteiger partial charge in [0.2, 0.25) is 0 Å². The van der Waals surface area contributed by atoms with Gasteiger partial charge in [0.05, 0.1) is 0 Å². The van der Waals surface area contributed by atoms with E-state index in [-0.39, 0.29) is 0 Å². The molecule has 0 bridgehead atoms. The first-order chi connectivity index (χ1) is 9.93. The molecule has 0 aliphatic carbocycles. The molecule has 2 heteroatoms. The molecule has 0 fully saturated rings. The van der Waals surface area contributed by atoms with Crippen molar-refractivity contribution in [3.63, 3.8) is 0 Å². The van der Waals surface area contributed by atoms with Crippen LogP contribution in [-0.2, 0) is 0 Å². The Balaban J connectivity index is 1.98. The Morgan fingerprint density at radius 3 is 1.65 bits per heavy atom. The average Bonchev–Trinajstić information content (AvgIpc) is 2.53. The predicted molar refractivity (Wildman–Crippen MR) is 89.0 cm³/mol. The normalized spacial score (nSPS) is 13.6. The summed E-state index contributed by atoms with van der Waals surface area (Å²) in [5.74, 6) is 0. The van der Waals surface area contributed by atoms with Crippen molar-refractivity contribution in [1.82, 2.24) is 0 Å². The van der Waals surface area contributed by atoms with E-state index < -0.39 is 14.7 Å². The van der Waals surface area contributed by atoms with Gasteiger partial charge < -0.3 is 0 Å². The summed E-state index contributed by atoms with van der Waals surface area (Å²) >= 11 is -0.881. The molecule has 1 aliphatic heterocycles. The van der Waals surface area contributed by atoms with Gasteiger partial charge in [0, 0.05) is 0 Å². The molecule has 3 aromatic rings. The molecule has 0 saturated heterocycles. The van der Waals surface area contributed by atoms with Gasteiger partial charge in [-0.1, -0.05) is 0 Å². The Kier molecular flexibility index (Phi) is 3.28. The van der Waals surface area contributed by atoms with Gasteiger partial charge >= 0.3 is 130 Å². The van der Waals surface area contributed by atoms with Crippen LogP contribution in [0.2, 0.25) is 0 Å². The molecule has 20 heavy (non-hydrogen) atoms. The number of benzene rings is 3. The topological polar surface area (TPSA) is 0 Å². The Labute approximate surface area is 130 Å². The summed E-state index contributed by atoms with van der Waals surface area (Å²) in [5, 5.41) is 0. The quantitative estimate of drug-likeness (QED) is 0.412. The minimum absolute atomic E-state index is 0.465. The standard InChI is InChI=1S/C18H13AsSe/c1-2-8-14(9-3-1)19-15-10-4-6-12-17(15)20-18-13-7-5-11-16(18)19/h1-13H. The minimum atomic E-state index is -1.35. The molecule has 0 aromatic heterocycles. The fourth-order valence-electron chi connectivity index (χ4n) is 2.56. The van der Waals surface area contributed by atoms with Crippen molar-refractivity contribution in [3.8, 4) is 0 Å². The summed E-state index contributed by atoms with van der Waals surface area (Å²) in [5.41, 5.74) is 0. The van der Waals surface area contributed by atoms with Crippen LogP contribution < -0.4 is 22.0 Å². The Morgan fingerprint density at radius 2 is 1.05 bits per heavy atom. The Bertz CT molecular complexity index is 707. The fraction of sp³-hybridized carbons (Fsp3) is 0. The van der Waals surface area contributed by atoms with Crippen LogP contribution in [-0.4, -0.2) is 29.6 Å². The monoisotopic (exact) mass is 384 g/mol. The second kappa shape index (κ2) is 5.26. The molecule has 96 valence electrons. The molecule has 1 heterocycles. The molecule has 0 radical (unpaired) electrons. The molecule has 0 N–H and O–H groups in total. The van der Waals surface area contributed by atoms with Gasteiger partial charge in [-0.3, -0.25) is 0 Å². The van der Waals surface area contributed by atoms with Crippen LogP contribution in [0, 0.1) is 0 Å². The first-order valence-corrected chi connectivity index (χ1v) is 11.2. The summed E-state index contributed by atoms with van der Waals surface area (Å²) in [6.07, 6.45) is 0. The van der Waals surface area contributed by atoms with Crippen LogP contribution in [0.4, 0.5) is 0 Å². The molecule has 0 amide bonds. The van der Waals surface area contributed by atoms with Gasteiger partial charge in [-0.15, -0.1) is 0 Å². The third-order valence-electron chi connectivity index (χ3n) is 3.45. The van der Waals surface area contributed by atoms with E-state index in [1.165, 1.54) is 4.35 Å². The van der Waals surface area contributed by atoms with Crippen molar-refractivity contribution in [1.29, 1.82) is 0 Å². The number of fused-ring (bicyclic) bond motifs is 2. The number of hydrogen-bond acceptors (Lipinski definition) is 0. The first kappa shape index (κ1) is 12.5. The van der Waals surface area contributed by atoms with Crippen molar-refractivity contribution in [2.75, 3.05) is 0 Å². The molecule has 0 atom stereocenters. The summed E-state index contributed by atoms with van der Waals surface area (Å²) in [6.45, 7) is 0. The van der Waals surface area contributed by atoms with Crippen molar-refractivity contribution in [2.24, 2.45) is 0 Å². The van der Waals surface area contributed by atoms with Gasteiger partial charge in [-0.05, 0) is 0 Å². The van der Waals surface area contributed by atoms with Gasteiger partial charge in [0.15, 0.2) is 0 Å². The Hall–Kier alpha value is -1.26. The molecule has 0 spiro atoms. The van der Waals surface area contributed by atoms with E-state index in [1.54, 1.807) is 17.6 Å². The SMILES string of the molecule is c1ccc([As]2c3ccccc3[Se]c3ccccc32)cc1. The summed E-state index contributed by atoms with van der Waals surface area (Å²) in [6, 6.07) is 29.2. The number of rotatable bonds is 1. The summed E-state index contributed by atoms with van der Waals surface area (Å²) < 4.78 is 7.97. The van der Waals surface area contributed by atoms with Gasteiger partial charge in [-0.2, -0.15) is 0 Å². The van der Waals surface area contributed by atoms with Gasteiger partial charge in [0.1, 0.15) is 0 Å². The molecule has 3 aromatic carbocycles. The van der Waals surface area contributed by atoms with Crippen LogP contribution in [0.15, 0.2) is 78.9 Å². The third kappa shape index (κ3) is 2.07. The van der Waals surface area contributed by atoms with E-state index in [0.717, 1.165) is 0 Å². The molecule has 0 saturated carbocycles. The maximum absolute atomic E-state index is 2.36. The molecular weight excluding hydrogens is 370 g/mol. The van der Waals surface area contributed by atoms with Crippen molar-refractivity contribution >= 4 is 51.6 Å². The second-order valence-corrected chi connectivity index (χ2v) is 11.5. The van der Waals surface area contributed by atoms with E-state index >= 15 is 0 Å².